The molecule has 0 saturated carbocycles. The summed E-state index contributed by atoms with van der Waals surface area (Å²) in [7, 11) is -8.96. The van der Waals surface area contributed by atoms with Crippen molar-refractivity contribution >= 4 is 43.9 Å². The van der Waals surface area contributed by atoms with Crippen LogP contribution in [0.4, 0.5) is 5.95 Å². The number of fused-ring (bicyclic) bond motifs is 1. The van der Waals surface area contributed by atoms with Crippen LogP contribution >= 0.6 is 0 Å². The molecule has 1 aromatic carbocycles. The highest BCUT2D eigenvalue weighted by molar-refractivity contribution is 7.87. The first-order chi connectivity index (χ1) is 23.2. The van der Waals surface area contributed by atoms with Crippen molar-refractivity contribution < 1.29 is 26.6 Å². The molecule has 14 heteroatoms. The summed E-state index contributed by atoms with van der Waals surface area (Å²) >= 11 is 0. The maximum Gasteiger partial charge on any atom is 0.341 e. The molecule has 0 spiro atoms. The number of hydrogen-bond acceptors (Lipinski definition) is 10. The number of hydrogen-bond donors (Lipinski definition) is 2. The van der Waals surface area contributed by atoms with E-state index in [0.717, 1.165) is 12.0 Å². The lowest BCUT2D eigenvalue weighted by molar-refractivity contribution is -0.0278. The fourth-order valence-corrected chi connectivity index (χ4v) is 9.61. The molecule has 0 radical (unpaired) electrons. The Morgan fingerprint density at radius 1 is 0.980 bits per heavy atom. The van der Waals surface area contributed by atoms with E-state index in [1.54, 1.807) is 10.9 Å². The molecule has 4 rings (SSSR count). The minimum atomic E-state index is -4.37. The van der Waals surface area contributed by atoms with Crippen molar-refractivity contribution in [3.05, 3.63) is 35.2 Å². The highest BCUT2D eigenvalue weighted by Crippen LogP contribution is 2.49. The largest absolute Gasteiger partial charge is 0.432 e. The van der Waals surface area contributed by atoms with Crippen LogP contribution in [-0.4, -0.2) is 62.1 Å². The standard InChI is InChI=1S/C37H63N5O6SSi2/c1-22(2)25-16-27(23(3)4)32(28(17-25)24(5)6)49(43,44)48-34-31-33(40-35(38)41-34)42(21-39-31)30-18-26(19-37(10,11)50(12,13)45)29(47-30)20-46-51(14,15)36(7,8)9/h16-17,21-24,26,29-30,45H,18-20H2,1-15H3,(H2,38,40,41)/t26?,29-,30-/m1/s1. The van der Waals surface area contributed by atoms with Gasteiger partial charge in [0.15, 0.2) is 27.8 Å². The fourth-order valence-electron chi connectivity index (χ4n) is 6.26. The van der Waals surface area contributed by atoms with E-state index in [-0.39, 0.29) is 62.1 Å². The van der Waals surface area contributed by atoms with E-state index >= 15 is 0 Å². The molecule has 1 saturated heterocycles. The first kappa shape index (κ1) is 41.4. The van der Waals surface area contributed by atoms with Crippen molar-refractivity contribution in [2.45, 2.75) is 160 Å². The van der Waals surface area contributed by atoms with Crippen LogP contribution in [0.2, 0.25) is 36.3 Å². The summed E-state index contributed by atoms with van der Waals surface area (Å²) in [5.74, 6) is -0.209. The molecule has 0 amide bonds. The van der Waals surface area contributed by atoms with Gasteiger partial charge in [0.05, 0.1) is 19.0 Å². The van der Waals surface area contributed by atoms with Crippen molar-refractivity contribution in [1.29, 1.82) is 0 Å². The summed E-state index contributed by atoms with van der Waals surface area (Å²) in [5.41, 5.74) is 9.19. The minimum Gasteiger partial charge on any atom is -0.432 e. The third-order valence-corrected chi connectivity index (χ3v) is 20.8. The Balaban J connectivity index is 1.75. The summed E-state index contributed by atoms with van der Waals surface area (Å²) in [6, 6.07) is 3.94. The number of rotatable bonds is 13. The molecule has 286 valence electrons. The molecule has 3 N–H and O–H groups in total. The Labute approximate surface area is 308 Å². The number of nitrogen functional groups attached to an aromatic ring is 1. The Bertz CT molecular complexity index is 1800. The number of nitrogens with zero attached hydrogens (tertiary/aromatic N) is 4. The highest BCUT2D eigenvalue weighted by atomic mass is 32.2. The zero-order valence-electron chi connectivity index (χ0n) is 33.6. The Hall–Kier alpha value is -2.37. The Morgan fingerprint density at radius 3 is 2.04 bits per heavy atom. The normalized spacial score (nSPS) is 19.6. The first-order valence-electron chi connectivity index (χ1n) is 18.3. The monoisotopic (exact) mass is 761 g/mol. The summed E-state index contributed by atoms with van der Waals surface area (Å²) in [4.78, 5) is 24.7. The summed E-state index contributed by atoms with van der Waals surface area (Å²) < 4.78 is 49.6. The third-order valence-electron chi connectivity index (χ3n) is 11.4. The molecule has 3 aromatic rings. The van der Waals surface area contributed by atoms with Crippen molar-refractivity contribution in [3.8, 4) is 5.88 Å². The van der Waals surface area contributed by atoms with E-state index in [9.17, 15) is 13.2 Å². The van der Waals surface area contributed by atoms with Crippen LogP contribution in [0.25, 0.3) is 11.2 Å². The molecule has 1 unspecified atom stereocenters. The molecule has 11 nitrogen and oxygen atoms in total. The number of nitrogens with two attached hydrogens (primary N) is 1. The van der Waals surface area contributed by atoms with E-state index in [2.05, 4.69) is 76.5 Å². The highest BCUT2D eigenvalue weighted by Gasteiger charge is 2.47. The smallest absolute Gasteiger partial charge is 0.341 e. The van der Waals surface area contributed by atoms with E-state index in [0.29, 0.717) is 29.8 Å². The zero-order valence-corrected chi connectivity index (χ0v) is 36.4. The van der Waals surface area contributed by atoms with Gasteiger partial charge in [0.2, 0.25) is 5.95 Å². The van der Waals surface area contributed by atoms with Crippen molar-refractivity contribution in [3.63, 3.8) is 0 Å². The summed E-state index contributed by atoms with van der Waals surface area (Å²) in [6.45, 7) is 31.9. The molecule has 1 aliphatic heterocycles. The van der Waals surface area contributed by atoms with Crippen molar-refractivity contribution in [1.82, 2.24) is 19.5 Å². The topological polar surface area (TPSA) is 152 Å². The second-order valence-corrected chi connectivity index (χ2v) is 28.8. The average Bonchev–Trinajstić information content (AvgIpc) is 3.57. The maximum atomic E-state index is 14.3. The molecule has 2 aromatic heterocycles. The quantitative estimate of drug-likeness (QED) is 0.128. The van der Waals surface area contributed by atoms with Crippen molar-refractivity contribution in [2.75, 3.05) is 12.3 Å². The van der Waals surface area contributed by atoms with E-state index in [1.807, 2.05) is 52.9 Å². The molecule has 0 bridgehead atoms. The van der Waals surface area contributed by atoms with Crippen LogP contribution in [0.5, 0.6) is 5.88 Å². The molecule has 1 fully saturated rings. The fraction of sp³-hybridized carbons (Fsp3) is 0.703. The molecule has 1 aliphatic rings. The third kappa shape index (κ3) is 8.72. The van der Waals surface area contributed by atoms with Crippen LogP contribution in [0.1, 0.15) is 130 Å². The number of ether oxygens (including phenoxy) is 1. The molecule has 0 aliphatic carbocycles. The van der Waals surface area contributed by atoms with Gasteiger partial charge in [0.1, 0.15) is 11.1 Å². The van der Waals surface area contributed by atoms with Gasteiger partial charge in [-0.25, -0.2) is 4.98 Å². The van der Waals surface area contributed by atoms with Gasteiger partial charge in [-0.3, -0.25) is 4.57 Å². The van der Waals surface area contributed by atoms with Gasteiger partial charge in [0.25, 0.3) is 5.88 Å². The lowest BCUT2D eigenvalue weighted by Crippen LogP contribution is -2.44. The van der Waals surface area contributed by atoms with Crippen LogP contribution in [-0.2, 0) is 19.3 Å². The van der Waals surface area contributed by atoms with E-state index < -0.39 is 33.0 Å². The van der Waals surface area contributed by atoms with Crippen molar-refractivity contribution in [2.24, 2.45) is 5.92 Å². The summed E-state index contributed by atoms with van der Waals surface area (Å²) in [5, 5.41) is -0.241. The van der Waals surface area contributed by atoms with Crippen LogP contribution < -0.4 is 9.92 Å². The predicted octanol–water partition coefficient (Wildman–Crippen LogP) is 8.84. The van der Waals surface area contributed by atoms with Gasteiger partial charge in [-0.05, 0) is 89.5 Å². The predicted molar refractivity (Wildman–Crippen MR) is 210 cm³/mol. The summed E-state index contributed by atoms with van der Waals surface area (Å²) in [6.07, 6.45) is 2.26. The van der Waals surface area contributed by atoms with E-state index in [1.165, 1.54) is 0 Å². The van der Waals surface area contributed by atoms with Crippen LogP contribution in [0.15, 0.2) is 23.4 Å². The lowest BCUT2D eigenvalue weighted by Gasteiger charge is -2.39. The van der Waals surface area contributed by atoms with Gasteiger partial charge in [0, 0.05) is 0 Å². The Kier molecular flexibility index (Phi) is 11.7. The van der Waals surface area contributed by atoms with Gasteiger partial charge >= 0.3 is 10.1 Å². The van der Waals surface area contributed by atoms with Gasteiger partial charge in [-0.2, -0.15) is 18.4 Å². The number of anilines is 1. The van der Waals surface area contributed by atoms with Crippen LogP contribution in [0, 0.1) is 5.92 Å². The second kappa shape index (κ2) is 14.5. The number of imidazole rings is 1. The second-order valence-electron chi connectivity index (χ2n) is 18.1. The SMILES string of the molecule is CC(C)c1cc(C(C)C)c(S(=O)(=O)Oc2nc(N)nc3c2ncn3[C@H]2CC(CC(C)(C)[Si](C)(C)O)[C@@H](CO[Si](C)(C)C(C)(C)C)O2)c(C(C)C)c1. The van der Waals surface area contributed by atoms with Gasteiger partial charge in [-0.1, -0.05) is 88.3 Å². The molecular formula is C37H63N5O6SSi2. The van der Waals surface area contributed by atoms with E-state index in [4.69, 9.17) is 19.1 Å². The van der Waals surface area contributed by atoms with Gasteiger partial charge in [-0.15, -0.1) is 0 Å². The lowest BCUT2D eigenvalue weighted by atomic mass is 9.89. The Morgan fingerprint density at radius 2 is 1.55 bits per heavy atom. The number of benzene rings is 1. The molecular weight excluding hydrogens is 699 g/mol. The zero-order chi connectivity index (χ0) is 38.6. The minimum absolute atomic E-state index is 0.0356. The average molecular weight is 762 g/mol. The first-order valence-corrected chi connectivity index (χ1v) is 25.6. The maximum absolute atomic E-state index is 14.3. The molecule has 51 heavy (non-hydrogen) atoms. The van der Waals surface area contributed by atoms with Crippen LogP contribution in [0.3, 0.4) is 0 Å². The molecule has 3 heterocycles. The molecule has 3 atom stereocenters. The number of aromatic nitrogens is 4. The van der Waals surface area contributed by atoms with Gasteiger partial charge < -0.3 is 23.9 Å².